The molecule has 0 atom stereocenters. The lowest BCUT2D eigenvalue weighted by Crippen LogP contribution is -2.20. The Balaban J connectivity index is 2.50. The number of ether oxygens (including phenoxy) is 3. The molecule has 0 saturated heterocycles. The number of hydrogen-bond donors (Lipinski definition) is 0. The van der Waals surface area contributed by atoms with Crippen LogP contribution in [0.5, 0.6) is 11.5 Å². The van der Waals surface area contributed by atoms with Crippen molar-refractivity contribution in [2.24, 2.45) is 0 Å². The summed E-state index contributed by atoms with van der Waals surface area (Å²) in [6, 6.07) is 10.3. The predicted molar refractivity (Wildman–Crippen MR) is 104 cm³/mol. The number of nitrogens with zero attached hydrogens (tertiary/aromatic N) is 3. The number of carbonyl (C=O) groups excluding carboxylic acids is 1. The van der Waals surface area contributed by atoms with Crippen LogP contribution in [-0.2, 0) is 9.53 Å². The number of methoxy groups -OCH3 is 1. The molecule has 7 nitrogen and oxygen atoms in total. The molecule has 0 N–H and O–H groups in total. The van der Waals surface area contributed by atoms with Gasteiger partial charge in [0.05, 0.1) is 7.11 Å². The molecule has 1 aromatic carbocycles. The van der Waals surface area contributed by atoms with Crippen molar-refractivity contribution >= 4 is 12.0 Å². The van der Waals surface area contributed by atoms with Gasteiger partial charge in [0.2, 0.25) is 0 Å². The molecule has 0 amide bonds. The van der Waals surface area contributed by atoms with Gasteiger partial charge in [-0.05, 0) is 26.0 Å². The third-order valence-electron chi connectivity index (χ3n) is 4.08. The Labute approximate surface area is 168 Å². The first-order valence-electron chi connectivity index (χ1n) is 8.40. The average Bonchev–Trinajstić information content (AvgIpc) is 2.97. The van der Waals surface area contributed by atoms with E-state index in [1.54, 1.807) is 56.3 Å². The van der Waals surface area contributed by atoms with Gasteiger partial charge in [-0.2, -0.15) is 15.8 Å². The first kappa shape index (κ1) is 21.0. The second kappa shape index (κ2) is 8.61. The molecule has 0 aromatic heterocycles. The van der Waals surface area contributed by atoms with E-state index in [9.17, 15) is 10.1 Å². The van der Waals surface area contributed by atoms with E-state index >= 15 is 0 Å². The Morgan fingerprint density at radius 2 is 1.90 bits per heavy atom. The highest BCUT2D eigenvalue weighted by Gasteiger charge is 2.38. The summed E-state index contributed by atoms with van der Waals surface area (Å²) in [7, 11) is 1.47. The number of carbonyl (C=O) groups is 1. The number of benzene rings is 1. The van der Waals surface area contributed by atoms with E-state index in [1.807, 2.05) is 6.07 Å². The van der Waals surface area contributed by atoms with Crippen LogP contribution in [0.1, 0.15) is 19.4 Å². The molecule has 144 valence electrons. The summed E-state index contributed by atoms with van der Waals surface area (Å²) in [4.78, 5) is 11.3. The van der Waals surface area contributed by atoms with Gasteiger partial charge >= 0.3 is 5.97 Å². The molecule has 0 unspecified atom stereocenters. The third-order valence-corrected chi connectivity index (χ3v) is 4.08. The van der Waals surface area contributed by atoms with E-state index in [1.165, 1.54) is 7.11 Å². The van der Waals surface area contributed by atoms with Crippen LogP contribution in [0.15, 0.2) is 59.4 Å². The molecule has 2 rings (SSSR count). The van der Waals surface area contributed by atoms with Gasteiger partial charge in [0.25, 0.3) is 0 Å². The van der Waals surface area contributed by atoms with Crippen molar-refractivity contribution in [2.45, 2.75) is 19.4 Å². The monoisotopic (exact) mass is 387 g/mol. The van der Waals surface area contributed by atoms with Gasteiger partial charge in [-0.25, -0.2) is 4.79 Å². The fraction of sp³-hybridized carbons (Fsp3) is 0.182. The summed E-state index contributed by atoms with van der Waals surface area (Å²) in [6.07, 6.45) is 4.43. The quantitative estimate of drug-likeness (QED) is 0.327. The van der Waals surface area contributed by atoms with Gasteiger partial charge in [0.1, 0.15) is 40.9 Å². The summed E-state index contributed by atoms with van der Waals surface area (Å²) < 4.78 is 16.1. The van der Waals surface area contributed by atoms with Crippen molar-refractivity contribution in [2.75, 3.05) is 7.11 Å². The molecule has 7 heteroatoms. The molecule has 1 aliphatic rings. The summed E-state index contributed by atoms with van der Waals surface area (Å²) in [6.45, 7) is 6.81. The molecule has 0 bridgehead atoms. The van der Waals surface area contributed by atoms with Gasteiger partial charge in [-0.15, -0.1) is 0 Å². The van der Waals surface area contributed by atoms with Crippen LogP contribution in [0, 0.1) is 34.0 Å². The van der Waals surface area contributed by atoms with Gasteiger partial charge in [0.15, 0.2) is 11.3 Å². The minimum atomic E-state index is -0.914. The lowest BCUT2D eigenvalue weighted by atomic mass is 9.94. The van der Waals surface area contributed by atoms with Crippen LogP contribution >= 0.6 is 0 Å². The summed E-state index contributed by atoms with van der Waals surface area (Å²) >= 11 is 0. The molecular formula is C22H17N3O4. The van der Waals surface area contributed by atoms with Gasteiger partial charge in [-0.3, -0.25) is 0 Å². The van der Waals surface area contributed by atoms with Crippen molar-refractivity contribution in [3.63, 3.8) is 0 Å². The molecule has 0 aliphatic carbocycles. The summed E-state index contributed by atoms with van der Waals surface area (Å²) in [5.74, 6) is 0.120. The van der Waals surface area contributed by atoms with Crippen molar-refractivity contribution in [1.29, 1.82) is 15.8 Å². The third kappa shape index (κ3) is 4.35. The normalized spacial score (nSPS) is 14.4. The highest BCUT2D eigenvalue weighted by Crippen LogP contribution is 2.40. The number of allylic oxidation sites excluding steroid dienone is 2. The highest BCUT2D eigenvalue weighted by molar-refractivity contribution is 5.83. The Morgan fingerprint density at radius 3 is 2.45 bits per heavy atom. The van der Waals surface area contributed by atoms with Gasteiger partial charge in [0, 0.05) is 23.3 Å². The topological polar surface area (TPSA) is 116 Å². The van der Waals surface area contributed by atoms with Crippen LogP contribution in [-0.4, -0.2) is 18.7 Å². The molecule has 1 aliphatic heterocycles. The zero-order chi connectivity index (χ0) is 21.6. The molecule has 29 heavy (non-hydrogen) atoms. The zero-order valence-corrected chi connectivity index (χ0v) is 16.1. The van der Waals surface area contributed by atoms with E-state index in [2.05, 4.69) is 6.58 Å². The Morgan fingerprint density at radius 1 is 1.21 bits per heavy atom. The largest absolute Gasteiger partial charge is 0.496 e. The van der Waals surface area contributed by atoms with E-state index < -0.39 is 11.6 Å². The predicted octanol–water partition coefficient (Wildman–Crippen LogP) is 3.73. The van der Waals surface area contributed by atoms with Crippen molar-refractivity contribution in [1.82, 2.24) is 0 Å². The second-order valence-corrected chi connectivity index (χ2v) is 6.30. The lowest BCUT2D eigenvalue weighted by molar-refractivity contribution is -0.128. The van der Waals surface area contributed by atoms with E-state index in [-0.39, 0.29) is 16.9 Å². The van der Waals surface area contributed by atoms with Crippen LogP contribution in [0.25, 0.3) is 6.08 Å². The number of rotatable bonds is 5. The lowest BCUT2D eigenvalue weighted by Gasteiger charge is -2.20. The Kier molecular flexibility index (Phi) is 6.24. The number of esters is 1. The first-order chi connectivity index (χ1) is 13.8. The van der Waals surface area contributed by atoms with Gasteiger partial charge < -0.3 is 14.2 Å². The Hall–Kier alpha value is -4.28. The smallest absolute Gasteiger partial charge is 0.335 e. The van der Waals surface area contributed by atoms with Crippen molar-refractivity contribution in [3.8, 4) is 29.7 Å². The molecular weight excluding hydrogens is 370 g/mol. The maximum Gasteiger partial charge on any atom is 0.335 e. The number of hydrogen-bond acceptors (Lipinski definition) is 7. The second-order valence-electron chi connectivity index (χ2n) is 6.30. The number of nitriles is 3. The zero-order valence-electron chi connectivity index (χ0n) is 16.1. The van der Waals surface area contributed by atoms with Crippen LogP contribution in [0.2, 0.25) is 0 Å². The molecule has 1 heterocycles. The SMILES string of the molecule is C=CC(=O)Oc1ccc(/C=C/C2=C(C#N)C(=C(C#N)C#N)OC2(C)C)c(OC)c1. The van der Waals surface area contributed by atoms with Crippen molar-refractivity contribution in [3.05, 3.63) is 65.0 Å². The standard InChI is InChI=1S/C22H17N3O4/c1-5-20(26)28-16-8-6-14(19(10-16)27-4)7-9-18-17(13-25)21(15(11-23)12-24)29-22(18,2)3/h5-10H,1H2,2-4H3/b9-7+. The Bertz CT molecular complexity index is 1070. The van der Waals surface area contributed by atoms with E-state index in [4.69, 9.17) is 24.7 Å². The fourth-order valence-corrected chi connectivity index (χ4v) is 2.71. The first-order valence-corrected chi connectivity index (χ1v) is 8.40. The average molecular weight is 387 g/mol. The van der Waals surface area contributed by atoms with Gasteiger partial charge in [-0.1, -0.05) is 18.7 Å². The molecule has 0 spiro atoms. The van der Waals surface area contributed by atoms with E-state index in [0.717, 1.165) is 6.08 Å². The minimum Gasteiger partial charge on any atom is -0.496 e. The molecule has 0 saturated carbocycles. The summed E-state index contributed by atoms with van der Waals surface area (Å²) in [5.41, 5.74) is 0.124. The maximum absolute atomic E-state index is 11.3. The molecule has 0 fully saturated rings. The van der Waals surface area contributed by atoms with Crippen molar-refractivity contribution < 1.29 is 19.0 Å². The summed E-state index contributed by atoms with van der Waals surface area (Å²) in [5, 5.41) is 27.8. The highest BCUT2D eigenvalue weighted by atomic mass is 16.5. The molecule has 0 radical (unpaired) electrons. The van der Waals surface area contributed by atoms with E-state index in [0.29, 0.717) is 22.6 Å². The molecule has 1 aromatic rings. The minimum absolute atomic E-state index is 0.0270. The fourth-order valence-electron chi connectivity index (χ4n) is 2.71. The van der Waals surface area contributed by atoms with Crippen LogP contribution in [0.3, 0.4) is 0 Å². The maximum atomic E-state index is 11.3. The van der Waals surface area contributed by atoms with Crippen LogP contribution < -0.4 is 9.47 Å². The van der Waals surface area contributed by atoms with Crippen LogP contribution in [0.4, 0.5) is 0 Å².